The molecule has 2 fully saturated rings. The van der Waals surface area contributed by atoms with Crippen molar-refractivity contribution in [1.29, 1.82) is 0 Å². The van der Waals surface area contributed by atoms with Gasteiger partial charge in [-0.1, -0.05) is 0 Å². The Balaban J connectivity index is 2.32. The Hall–Kier alpha value is -1.10. The minimum atomic E-state index is -0.836. The van der Waals surface area contributed by atoms with Crippen LogP contribution in [0.2, 0.25) is 0 Å². The van der Waals surface area contributed by atoms with Gasteiger partial charge in [0, 0.05) is 6.04 Å². The lowest BCUT2D eigenvalue weighted by molar-refractivity contribution is -0.125. The first-order chi connectivity index (χ1) is 6.07. The third kappa shape index (κ3) is 1.03. The molecule has 0 radical (unpaired) electrons. The van der Waals surface area contributed by atoms with E-state index in [0.29, 0.717) is 0 Å². The maximum atomic E-state index is 11.6. The van der Waals surface area contributed by atoms with E-state index in [2.05, 4.69) is 10.6 Å². The highest BCUT2D eigenvalue weighted by Gasteiger charge is 2.58. The maximum absolute atomic E-state index is 11.6. The lowest BCUT2D eigenvalue weighted by atomic mass is 9.86. The Kier molecular flexibility index (Phi) is 1.60. The number of carbonyl (C=O) groups excluding carboxylic acids is 2. The molecular formula is C8H13N3O2. The van der Waals surface area contributed by atoms with Gasteiger partial charge in [0.25, 0.3) is 5.91 Å². The predicted molar refractivity (Wildman–Crippen MR) is 45.8 cm³/mol. The Bertz CT molecular complexity index is 269. The maximum Gasteiger partial charge on any atom is 0.322 e. The zero-order valence-corrected chi connectivity index (χ0v) is 7.46. The summed E-state index contributed by atoms with van der Waals surface area (Å²) in [4.78, 5) is 22.6. The van der Waals surface area contributed by atoms with Crippen molar-refractivity contribution in [2.24, 2.45) is 11.7 Å². The number of amides is 3. The summed E-state index contributed by atoms with van der Waals surface area (Å²) in [5.74, 6) is -0.0473. The molecule has 1 saturated carbocycles. The molecule has 13 heavy (non-hydrogen) atoms. The molecule has 72 valence electrons. The number of imide groups is 1. The number of hydrogen-bond donors (Lipinski definition) is 3. The van der Waals surface area contributed by atoms with Crippen LogP contribution >= 0.6 is 0 Å². The summed E-state index contributed by atoms with van der Waals surface area (Å²) < 4.78 is 0. The van der Waals surface area contributed by atoms with Crippen molar-refractivity contribution in [3.05, 3.63) is 0 Å². The minimum absolute atomic E-state index is 0.221. The largest absolute Gasteiger partial charge is 0.325 e. The molecule has 1 aliphatic carbocycles. The van der Waals surface area contributed by atoms with Crippen LogP contribution < -0.4 is 16.4 Å². The molecule has 1 heterocycles. The van der Waals surface area contributed by atoms with Crippen molar-refractivity contribution in [3.63, 3.8) is 0 Å². The number of carbonyl (C=O) groups is 2. The van der Waals surface area contributed by atoms with Gasteiger partial charge in [-0.3, -0.25) is 10.1 Å². The molecule has 0 aromatic rings. The van der Waals surface area contributed by atoms with Gasteiger partial charge in [0.05, 0.1) is 0 Å². The van der Waals surface area contributed by atoms with Gasteiger partial charge in [-0.25, -0.2) is 4.79 Å². The molecule has 5 heteroatoms. The summed E-state index contributed by atoms with van der Waals surface area (Å²) >= 11 is 0. The van der Waals surface area contributed by atoms with Crippen LogP contribution in [0.3, 0.4) is 0 Å². The van der Waals surface area contributed by atoms with Crippen molar-refractivity contribution in [2.45, 2.75) is 31.3 Å². The lowest BCUT2D eigenvalue weighted by Gasteiger charge is -2.29. The quantitative estimate of drug-likeness (QED) is 0.496. The number of rotatable bonds is 2. The van der Waals surface area contributed by atoms with Gasteiger partial charge in [-0.2, -0.15) is 0 Å². The average molecular weight is 183 g/mol. The SMILES string of the molecule is C[C@H](N)C1(C2CC2)NC(=O)NC1=O. The molecular weight excluding hydrogens is 170 g/mol. The van der Waals surface area contributed by atoms with Crippen molar-refractivity contribution in [3.8, 4) is 0 Å². The molecule has 1 unspecified atom stereocenters. The number of urea groups is 1. The van der Waals surface area contributed by atoms with Gasteiger partial charge >= 0.3 is 6.03 Å². The van der Waals surface area contributed by atoms with E-state index < -0.39 is 11.6 Å². The number of nitrogens with one attached hydrogen (secondary N) is 2. The molecule has 1 aliphatic heterocycles. The van der Waals surface area contributed by atoms with Crippen LogP contribution in [0.1, 0.15) is 19.8 Å². The average Bonchev–Trinajstić information content (AvgIpc) is 2.78. The summed E-state index contributed by atoms with van der Waals surface area (Å²) in [7, 11) is 0. The van der Waals surface area contributed by atoms with Crippen molar-refractivity contribution < 1.29 is 9.59 Å². The van der Waals surface area contributed by atoms with E-state index in [1.165, 1.54) is 0 Å². The second-order valence-electron chi connectivity index (χ2n) is 3.84. The fourth-order valence-electron chi connectivity index (χ4n) is 2.00. The first-order valence-corrected chi connectivity index (χ1v) is 4.46. The van der Waals surface area contributed by atoms with Crippen molar-refractivity contribution in [2.75, 3.05) is 0 Å². The molecule has 5 nitrogen and oxygen atoms in total. The van der Waals surface area contributed by atoms with Gasteiger partial charge in [0.2, 0.25) is 0 Å². The minimum Gasteiger partial charge on any atom is -0.325 e. The van der Waals surface area contributed by atoms with Crippen LogP contribution in [0.5, 0.6) is 0 Å². The highest BCUT2D eigenvalue weighted by molar-refractivity contribution is 6.08. The van der Waals surface area contributed by atoms with E-state index in [1.807, 2.05) is 0 Å². The van der Waals surface area contributed by atoms with E-state index in [-0.39, 0.29) is 17.9 Å². The van der Waals surface area contributed by atoms with Gasteiger partial charge in [-0.05, 0) is 25.7 Å². The van der Waals surface area contributed by atoms with Crippen LogP contribution in [0.25, 0.3) is 0 Å². The van der Waals surface area contributed by atoms with Crippen LogP contribution in [-0.4, -0.2) is 23.5 Å². The second kappa shape index (κ2) is 2.45. The summed E-state index contributed by atoms with van der Waals surface area (Å²) in [6, 6.07) is -0.763. The fraction of sp³-hybridized carbons (Fsp3) is 0.750. The number of nitrogens with two attached hydrogens (primary N) is 1. The molecule has 2 aliphatic rings. The smallest absolute Gasteiger partial charge is 0.322 e. The monoisotopic (exact) mass is 183 g/mol. The second-order valence-corrected chi connectivity index (χ2v) is 3.84. The standard InChI is InChI=1S/C8H13N3O2/c1-4(9)8(5-2-3-5)6(12)10-7(13)11-8/h4-5H,2-3,9H2,1H3,(H2,10,11,12,13)/t4-,8?/m0/s1. The first-order valence-electron chi connectivity index (χ1n) is 4.46. The van der Waals surface area contributed by atoms with Crippen LogP contribution in [0.4, 0.5) is 4.79 Å². The van der Waals surface area contributed by atoms with E-state index in [0.717, 1.165) is 12.8 Å². The molecule has 0 aromatic carbocycles. The Morgan fingerprint density at radius 2 is 2.15 bits per heavy atom. The third-order valence-corrected chi connectivity index (χ3v) is 2.86. The van der Waals surface area contributed by atoms with E-state index in [1.54, 1.807) is 6.92 Å². The highest BCUT2D eigenvalue weighted by atomic mass is 16.2. The van der Waals surface area contributed by atoms with Gasteiger partial charge in [-0.15, -0.1) is 0 Å². The molecule has 4 N–H and O–H groups in total. The molecule has 0 spiro atoms. The molecule has 0 aromatic heterocycles. The van der Waals surface area contributed by atoms with Crippen molar-refractivity contribution in [1.82, 2.24) is 10.6 Å². The van der Waals surface area contributed by atoms with Gasteiger partial charge < -0.3 is 11.1 Å². The van der Waals surface area contributed by atoms with E-state index in [4.69, 9.17) is 5.73 Å². The Morgan fingerprint density at radius 1 is 1.54 bits per heavy atom. The summed E-state index contributed by atoms with van der Waals surface area (Å²) in [6.07, 6.45) is 1.94. The number of hydrogen-bond acceptors (Lipinski definition) is 3. The van der Waals surface area contributed by atoms with E-state index >= 15 is 0 Å². The zero-order valence-electron chi connectivity index (χ0n) is 7.46. The van der Waals surface area contributed by atoms with Gasteiger partial charge in [0.1, 0.15) is 5.54 Å². The zero-order chi connectivity index (χ0) is 9.64. The predicted octanol–water partition coefficient (Wildman–Crippen LogP) is -0.678. The summed E-state index contributed by atoms with van der Waals surface area (Å²) in [5.41, 5.74) is 4.91. The molecule has 3 amide bonds. The fourth-order valence-corrected chi connectivity index (χ4v) is 2.00. The molecule has 2 rings (SSSR count). The van der Waals surface area contributed by atoms with Gasteiger partial charge in [0.15, 0.2) is 0 Å². The molecule has 2 atom stereocenters. The first kappa shape index (κ1) is 8.50. The molecule has 1 saturated heterocycles. The van der Waals surface area contributed by atoms with Crippen molar-refractivity contribution >= 4 is 11.9 Å². The summed E-state index contributed by atoms with van der Waals surface area (Å²) in [5, 5.41) is 4.90. The van der Waals surface area contributed by atoms with Crippen LogP contribution in [-0.2, 0) is 4.79 Å². The molecule has 0 bridgehead atoms. The van der Waals surface area contributed by atoms with Crippen LogP contribution in [0.15, 0.2) is 0 Å². The highest BCUT2D eigenvalue weighted by Crippen LogP contribution is 2.42. The van der Waals surface area contributed by atoms with E-state index in [9.17, 15) is 9.59 Å². The normalized spacial score (nSPS) is 35.5. The van der Waals surface area contributed by atoms with Crippen LogP contribution in [0, 0.1) is 5.92 Å². The Morgan fingerprint density at radius 3 is 2.46 bits per heavy atom. The Labute approximate surface area is 76.0 Å². The topological polar surface area (TPSA) is 84.2 Å². The lowest BCUT2D eigenvalue weighted by Crippen LogP contribution is -2.60. The third-order valence-electron chi connectivity index (χ3n) is 2.86. The summed E-state index contributed by atoms with van der Waals surface area (Å²) in [6.45, 7) is 1.75.